The Hall–Kier alpha value is -1.52. The molecule has 0 aromatic carbocycles. The number of carbonyl (C=O) groups is 1. The van der Waals surface area contributed by atoms with E-state index in [2.05, 4.69) is 10.4 Å². The minimum Gasteiger partial charge on any atom is -0.477 e. The molecule has 0 fully saturated rings. The maximum absolute atomic E-state index is 10.6. The average Bonchev–Trinajstić information content (AvgIpc) is 2.47. The van der Waals surface area contributed by atoms with Gasteiger partial charge in [-0.3, -0.25) is 0 Å². The summed E-state index contributed by atoms with van der Waals surface area (Å²) in [5.74, 6) is -0.292. The van der Waals surface area contributed by atoms with E-state index in [0.29, 0.717) is 5.82 Å². The van der Waals surface area contributed by atoms with Gasteiger partial charge in [0.1, 0.15) is 11.4 Å². The Morgan fingerprint density at radius 1 is 1.75 bits per heavy atom. The number of hydrogen-bond donors (Lipinski definition) is 2. The molecule has 0 spiro atoms. The van der Waals surface area contributed by atoms with Crippen molar-refractivity contribution in [2.45, 2.75) is 13.0 Å². The Bertz CT molecular complexity index is 318. The molecule has 0 amide bonds. The molecule has 12 heavy (non-hydrogen) atoms. The molecule has 1 aromatic rings. The smallest absolute Gasteiger partial charge is 0.341 e. The van der Waals surface area contributed by atoms with Gasteiger partial charge in [-0.1, -0.05) is 0 Å². The van der Waals surface area contributed by atoms with Crippen molar-refractivity contribution in [3.05, 3.63) is 11.8 Å². The molecule has 64 valence electrons. The fourth-order valence-electron chi connectivity index (χ4n) is 1.33. The lowest BCUT2D eigenvalue weighted by Gasteiger charge is -2.15. The molecule has 2 N–H and O–H groups in total. The highest BCUT2D eigenvalue weighted by Gasteiger charge is 2.18. The van der Waals surface area contributed by atoms with E-state index in [1.54, 1.807) is 4.68 Å². The number of carboxylic acid groups (broad SMARTS) is 1. The van der Waals surface area contributed by atoms with E-state index in [1.807, 2.05) is 0 Å². The van der Waals surface area contributed by atoms with E-state index in [1.165, 1.54) is 6.20 Å². The van der Waals surface area contributed by atoms with Gasteiger partial charge in [-0.2, -0.15) is 5.10 Å². The summed E-state index contributed by atoms with van der Waals surface area (Å²) < 4.78 is 1.69. The highest BCUT2D eigenvalue weighted by Crippen LogP contribution is 2.18. The second-order valence-electron chi connectivity index (χ2n) is 2.72. The molecule has 5 heteroatoms. The zero-order chi connectivity index (χ0) is 8.55. The van der Waals surface area contributed by atoms with Crippen LogP contribution in [-0.4, -0.2) is 27.4 Å². The van der Waals surface area contributed by atoms with Crippen molar-refractivity contribution in [3.63, 3.8) is 0 Å². The van der Waals surface area contributed by atoms with Gasteiger partial charge in [0.15, 0.2) is 0 Å². The van der Waals surface area contributed by atoms with Crippen LogP contribution in [0.3, 0.4) is 0 Å². The van der Waals surface area contributed by atoms with Crippen LogP contribution in [0.4, 0.5) is 5.82 Å². The quantitative estimate of drug-likeness (QED) is 0.635. The topological polar surface area (TPSA) is 67.1 Å². The number of aryl methyl sites for hydroxylation is 1. The van der Waals surface area contributed by atoms with Gasteiger partial charge in [-0.25, -0.2) is 9.48 Å². The fourth-order valence-corrected chi connectivity index (χ4v) is 1.33. The summed E-state index contributed by atoms with van der Waals surface area (Å²) in [6.07, 6.45) is 2.38. The third-order valence-electron chi connectivity index (χ3n) is 1.91. The lowest BCUT2D eigenvalue weighted by Crippen LogP contribution is -2.19. The standard InChI is InChI=1S/C7H9N3O2/c11-7(12)5-4-9-10-3-1-2-8-6(5)10/h4,8H,1-3H2,(H,11,12). The zero-order valence-electron chi connectivity index (χ0n) is 6.45. The number of nitrogens with zero attached hydrogens (tertiary/aromatic N) is 2. The lowest BCUT2D eigenvalue weighted by atomic mass is 10.3. The minimum absolute atomic E-state index is 0.259. The summed E-state index contributed by atoms with van der Waals surface area (Å²) >= 11 is 0. The molecule has 1 aliphatic heterocycles. The van der Waals surface area contributed by atoms with Crippen molar-refractivity contribution in [2.75, 3.05) is 11.9 Å². The Morgan fingerprint density at radius 3 is 3.33 bits per heavy atom. The second kappa shape index (κ2) is 2.51. The first-order valence-electron chi connectivity index (χ1n) is 3.82. The number of rotatable bonds is 1. The van der Waals surface area contributed by atoms with E-state index in [-0.39, 0.29) is 5.56 Å². The highest BCUT2D eigenvalue weighted by molar-refractivity contribution is 5.93. The third kappa shape index (κ3) is 0.939. The second-order valence-corrected chi connectivity index (χ2v) is 2.72. The van der Waals surface area contributed by atoms with Gasteiger partial charge in [-0.15, -0.1) is 0 Å². The molecule has 1 aliphatic rings. The molecular formula is C7H9N3O2. The summed E-state index contributed by atoms with van der Waals surface area (Å²) in [6, 6.07) is 0. The van der Waals surface area contributed by atoms with Crippen LogP contribution in [0.2, 0.25) is 0 Å². The number of fused-ring (bicyclic) bond motifs is 1. The summed E-state index contributed by atoms with van der Waals surface area (Å²) in [5, 5.41) is 15.7. The molecule has 2 rings (SSSR count). The lowest BCUT2D eigenvalue weighted by molar-refractivity contribution is 0.0698. The number of nitrogens with one attached hydrogen (secondary N) is 1. The van der Waals surface area contributed by atoms with Crippen molar-refractivity contribution in [1.29, 1.82) is 0 Å². The molecule has 0 aliphatic carbocycles. The molecule has 1 aromatic heterocycles. The number of hydrogen-bond acceptors (Lipinski definition) is 3. The SMILES string of the molecule is O=C(O)c1cnn2c1NCCC2. The summed E-state index contributed by atoms with van der Waals surface area (Å²) in [7, 11) is 0. The van der Waals surface area contributed by atoms with Crippen molar-refractivity contribution >= 4 is 11.8 Å². The normalized spacial score (nSPS) is 15.0. The first-order valence-corrected chi connectivity index (χ1v) is 3.82. The molecule has 0 unspecified atom stereocenters. The average molecular weight is 167 g/mol. The predicted octanol–water partition coefficient (Wildman–Crippen LogP) is 0.397. The largest absolute Gasteiger partial charge is 0.477 e. The van der Waals surface area contributed by atoms with Crippen LogP contribution >= 0.6 is 0 Å². The Kier molecular flexibility index (Phi) is 1.49. The third-order valence-corrected chi connectivity index (χ3v) is 1.91. The van der Waals surface area contributed by atoms with Gasteiger partial charge in [0.05, 0.1) is 6.20 Å². The van der Waals surface area contributed by atoms with Crippen LogP contribution in [0.5, 0.6) is 0 Å². The van der Waals surface area contributed by atoms with Gasteiger partial charge in [0, 0.05) is 13.1 Å². The van der Waals surface area contributed by atoms with Crippen LogP contribution in [0, 0.1) is 0 Å². The molecule has 0 saturated heterocycles. The van der Waals surface area contributed by atoms with Crippen molar-refractivity contribution in [1.82, 2.24) is 9.78 Å². The zero-order valence-corrected chi connectivity index (χ0v) is 6.45. The molecule has 0 saturated carbocycles. The van der Waals surface area contributed by atoms with Crippen molar-refractivity contribution < 1.29 is 9.90 Å². The number of anilines is 1. The van der Waals surface area contributed by atoms with Crippen LogP contribution in [0.25, 0.3) is 0 Å². The summed E-state index contributed by atoms with van der Waals surface area (Å²) in [5.41, 5.74) is 0.259. The predicted molar refractivity (Wildman–Crippen MR) is 42.3 cm³/mol. The van der Waals surface area contributed by atoms with Gasteiger partial charge < -0.3 is 10.4 Å². The Labute approximate surface area is 69.0 Å². The van der Waals surface area contributed by atoms with E-state index in [4.69, 9.17) is 5.11 Å². The first kappa shape index (κ1) is 7.15. The highest BCUT2D eigenvalue weighted by atomic mass is 16.4. The molecule has 0 atom stereocenters. The summed E-state index contributed by atoms with van der Waals surface area (Å²) in [4.78, 5) is 10.6. The maximum atomic E-state index is 10.6. The summed E-state index contributed by atoms with van der Waals surface area (Å²) in [6.45, 7) is 1.63. The van der Waals surface area contributed by atoms with E-state index in [9.17, 15) is 4.79 Å². The molecule has 2 heterocycles. The number of carboxylic acids is 1. The molecule has 0 bridgehead atoms. The molecular weight excluding hydrogens is 158 g/mol. The van der Waals surface area contributed by atoms with Crippen LogP contribution in [0.1, 0.15) is 16.8 Å². The number of aromatic nitrogens is 2. The van der Waals surface area contributed by atoms with Crippen LogP contribution in [0.15, 0.2) is 6.20 Å². The van der Waals surface area contributed by atoms with Crippen LogP contribution in [-0.2, 0) is 6.54 Å². The first-order chi connectivity index (χ1) is 5.79. The van der Waals surface area contributed by atoms with E-state index in [0.717, 1.165) is 19.5 Å². The Balaban J connectivity index is 2.44. The van der Waals surface area contributed by atoms with Crippen molar-refractivity contribution in [2.24, 2.45) is 0 Å². The molecule has 0 radical (unpaired) electrons. The van der Waals surface area contributed by atoms with Gasteiger partial charge in [0.2, 0.25) is 0 Å². The van der Waals surface area contributed by atoms with Crippen molar-refractivity contribution in [3.8, 4) is 0 Å². The van der Waals surface area contributed by atoms with E-state index < -0.39 is 5.97 Å². The van der Waals surface area contributed by atoms with E-state index >= 15 is 0 Å². The molecule has 5 nitrogen and oxygen atoms in total. The van der Waals surface area contributed by atoms with Gasteiger partial charge in [0.25, 0.3) is 0 Å². The monoisotopic (exact) mass is 167 g/mol. The Morgan fingerprint density at radius 2 is 2.58 bits per heavy atom. The van der Waals surface area contributed by atoms with Gasteiger partial charge >= 0.3 is 5.97 Å². The minimum atomic E-state index is -0.925. The maximum Gasteiger partial charge on any atom is 0.341 e. The fraction of sp³-hybridized carbons (Fsp3) is 0.429. The van der Waals surface area contributed by atoms with Crippen LogP contribution < -0.4 is 5.32 Å². The van der Waals surface area contributed by atoms with Gasteiger partial charge in [-0.05, 0) is 6.42 Å². The number of aromatic carboxylic acids is 1.